The maximum absolute atomic E-state index is 14.3. The van der Waals surface area contributed by atoms with Crippen molar-refractivity contribution >= 4 is 11.9 Å². The summed E-state index contributed by atoms with van der Waals surface area (Å²) in [5, 5.41) is 4.40. The normalized spacial score (nSPS) is 23.9. The zero-order chi connectivity index (χ0) is 25.7. The van der Waals surface area contributed by atoms with Crippen LogP contribution in [-0.2, 0) is 15.1 Å². The summed E-state index contributed by atoms with van der Waals surface area (Å²) in [6.45, 7) is 2.86. The van der Waals surface area contributed by atoms with Gasteiger partial charge in [0.25, 0.3) is 0 Å². The molecule has 2 atom stereocenters. The van der Waals surface area contributed by atoms with Crippen LogP contribution in [0.25, 0.3) is 11.8 Å². The molecular formula is C27H25F3N4O3. The molecule has 0 radical (unpaired) electrons. The lowest BCUT2D eigenvalue weighted by molar-refractivity contribution is -0.0501. The molecule has 10 heteroatoms. The molecule has 192 valence electrons. The molecule has 0 saturated carbocycles. The van der Waals surface area contributed by atoms with E-state index in [1.165, 1.54) is 0 Å². The van der Waals surface area contributed by atoms with Crippen molar-refractivity contribution < 1.29 is 27.5 Å². The van der Waals surface area contributed by atoms with E-state index in [-0.39, 0.29) is 18.8 Å². The van der Waals surface area contributed by atoms with Gasteiger partial charge in [-0.15, -0.1) is 0 Å². The fourth-order valence-corrected chi connectivity index (χ4v) is 5.47. The number of hydrogen-bond acceptors (Lipinski definition) is 6. The van der Waals surface area contributed by atoms with Crippen molar-refractivity contribution in [2.45, 2.75) is 31.4 Å². The fraction of sp³-hybridized carbons (Fsp3) is 0.333. The average Bonchev–Trinajstić information content (AvgIpc) is 3.54. The molecule has 0 aliphatic carbocycles. The second kappa shape index (κ2) is 8.95. The molecule has 1 aromatic heterocycles. The van der Waals surface area contributed by atoms with Gasteiger partial charge in [0.15, 0.2) is 29.4 Å². The number of nitrogens with zero attached hydrogens (tertiary/aromatic N) is 4. The van der Waals surface area contributed by atoms with Gasteiger partial charge in [0, 0.05) is 12.7 Å². The Labute approximate surface area is 211 Å². The van der Waals surface area contributed by atoms with Gasteiger partial charge in [-0.1, -0.05) is 11.2 Å². The zero-order valence-corrected chi connectivity index (χ0v) is 20.4. The highest BCUT2D eigenvalue weighted by Crippen LogP contribution is 2.45. The van der Waals surface area contributed by atoms with E-state index < -0.39 is 29.1 Å². The summed E-state index contributed by atoms with van der Waals surface area (Å²) in [5.74, 6) is -2.73. The minimum atomic E-state index is -1.50. The Hall–Kier alpha value is -3.79. The standard InChI is InChI=1S/C27H25F3N4O3/c1-16-12-33(15-31-16)22-6-5-17(9-23(22)35-2)8-18-4-3-7-34-26(18)32-37-24-13-36-14-27(24,34)19-10-20(28)25(30)21(29)11-19/h5-6,8-12,15,24H,3-4,7,13-14H2,1-2H3/t24?,27-/m0/s1. The van der Waals surface area contributed by atoms with Gasteiger partial charge in [0.05, 0.1) is 38.0 Å². The van der Waals surface area contributed by atoms with Gasteiger partial charge in [-0.05, 0) is 66.8 Å². The number of oxime groups is 1. The van der Waals surface area contributed by atoms with Crippen molar-refractivity contribution in [2.24, 2.45) is 5.16 Å². The summed E-state index contributed by atoms with van der Waals surface area (Å²) in [6.07, 6.45) is 6.60. The number of ether oxygens (including phenoxy) is 2. The van der Waals surface area contributed by atoms with Crippen LogP contribution < -0.4 is 4.74 Å². The smallest absolute Gasteiger partial charge is 0.194 e. The summed E-state index contributed by atoms with van der Waals surface area (Å²) >= 11 is 0. The molecule has 3 aliphatic heterocycles. The third kappa shape index (κ3) is 3.78. The van der Waals surface area contributed by atoms with E-state index in [1.807, 2.05) is 46.9 Å². The first kappa shape index (κ1) is 23.6. The van der Waals surface area contributed by atoms with Gasteiger partial charge in [-0.25, -0.2) is 18.2 Å². The van der Waals surface area contributed by atoms with Crippen molar-refractivity contribution in [3.63, 3.8) is 0 Å². The van der Waals surface area contributed by atoms with Crippen LogP contribution in [0, 0.1) is 24.4 Å². The van der Waals surface area contributed by atoms with Crippen LogP contribution in [0.5, 0.6) is 5.75 Å². The molecular weight excluding hydrogens is 485 g/mol. The Bertz CT molecular complexity index is 1410. The maximum Gasteiger partial charge on any atom is 0.194 e. The summed E-state index contributed by atoms with van der Waals surface area (Å²) in [5.41, 5.74) is 2.81. The van der Waals surface area contributed by atoms with Crippen LogP contribution >= 0.6 is 0 Å². The molecule has 0 bridgehead atoms. The molecule has 6 rings (SSSR count). The van der Waals surface area contributed by atoms with Gasteiger partial charge in [0.1, 0.15) is 11.3 Å². The first-order chi connectivity index (χ1) is 17.9. The molecule has 3 aliphatic rings. The predicted molar refractivity (Wildman–Crippen MR) is 130 cm³/mol. The number of amidine groups is 1. The quantitative estimate of drug-likeness (QED) is 0.476. The lowest BCUT2D eigenvalue weighted by Gasteiger charge is -2.49. The lowest BCUT2D eigenvalue weighted by atomic mass is 9.81. The minimum absolute atomic E-state index is 0.140. The molecule has 0 spiro atoms. The average molecular weight is 511 g/mol. The molecule has 2 saturated heterocycles. The first-order valence-electron chi connectivity index (χ1n) is 12.0. The number of hydrogen-bond donors (Lipinski definition) is 0. The number of methoxy groups -OCH3 is 1. The molecule has 0 N–H and O–H groups in total. The number of aryl methyl sites for hydroxylation is 1. The van der Waals surface area contributed by atoms with Crippen molar-refractivity contribution in [1.29, 1.82) is 0 Å². The van der Waals surface area contributed by atoms with E-state index in [4.69, 9.17) is 14.3 Å². The van der Waals surface area contributed by atoms with Crippen molar-refractivity contribution in [1.82, 2.24) is 14.5 Å². The van der Waals surface area contributed by atoms with Gasteiger partial charge < -0.3 is 23.8 Å². The number of rotatable bonds is 4. The predicted octanol–water partition coefficient (Wildman–Crippen LogP) is 4.72. The van der Waals surface area contributed by atoms with Gasteiger partial charge >= 0.3 is 0 Å². The van der Waals surface area contributed by atoms with E-state index in [0.29, 0.717) is 18.1 Å². The van der Waals surface area contributed by atoms with E-state index in [1.54, 1.807) is 13.4 Å². The van der Waals surface area contributed by atoms with Crippen LogP contribution in [0.3, 0.4) is 0 Å². The highest BCUT2D eigenvalue weighted by molar-refractivity contribution is 6.03. The molecule has 2 aromatic carbocycles. The monoisotopic (exact) mass is 510 g/mol. The highest BCUT2D eigenvalue weighted by atomic mass is 19.2. The maximum atomic E-state index is 14.3. The number of benzene rings is 2. The van der Waals surface area contributed by atoms with Crippen LogP contribution in [0.4, 0.5) is 13.2 Å². The summed E-state index contributed by atoms with van der Waals surface area (Å²) in [4.78, 5) is 12.1. The molecule has 37 heavy (non-hydrogen) atoms. The topological polar surface area (TPSA) is 61.1 Å². The molecule has 3 aromatic rings. The molecule has 1 unspecified atom stereocenters. The van der Waals surface area contributed by atoms with Crippen LogP contribution in [0.1, 0.15) is 29.7 Å². The fourth-order valence-electron chi connectivity index (χ4n) is 5.47. The third-order valence-corrected chi connectivity index (χ3v) is 7.26. The van der Waals surface area contributed by atoms with Crippen molar-refractivity contribution in [2.75, 3.05) is 26.9 Å². The van der Waals surface area contributed by atoms with Crippen LogP contribution in [-0.4, -0.2) is 53.3 Å². The largest absolute Gasteiger partial charge is 0.495 e. The SMILES string of the molecule is COc1cc(C=C2CCCN3C2=NOC2COC[C@]23c2cc(F)c(F)c(F)c2)ccc1-n1cnc(C)c1. The van der Waals surface area contributed by atoms with Gasteiger partial charge in [-0.2, -0.15) is 0 Å². The Morgan fingerprint density at radius 3 is 2.70 bits per heavy atom. The lowest BCUT2D eigenvalue weighted by Crippen LogP contribution is -2.61. The third-order valence-electron chi connectivity index (χ3n) is 7.26. The molecule has 2 fully saturated rings. The van der Waals surface area contributed by atoms with E-state index in [0.717, 1.165) is 47.5 Å². The zero-order valence-electron chi connectivity index (χ0n) is 20.4. The van der Waals surface area contributed by atoms with E-state index >= 15 is 0 Å². The van der Waals surface area contributed by atoms with Gasteiger partial charge in [0.2, 0.25) is 0 Å². The molecule has 7 nitrogen and oxygen atoms in total. The van der Waals surface area contributed by atoms with E-state index in [9.17, 15) is 13.2 Å². The summed E-state index contributed by atoms with van der Waals surface area (Å²) in [7, 11) is 1.62. The summed E-state index contributed by atoms with van der Waals surface area (Å²) < 4.78 is 55.6. The number of aromatic nitrogens is 2. The van der Waals surface area contributed by atoms with Crippen LogP contribution in [0.15, 0.2) is 53.6 Å². The highest BCUT2D eigenvalue weighted by Gasteiger charge is 2.56. The first-order valence-corrected chi connectivity index (χ1v) is 12.0. The van der Waals surface area contributed by atoms with Crippen LogP contribution in [0.2, 0.25) is 0 Å². The Balaban J connectivity index is 1.39. The Morgan fingerprint density at radius 2 is 1.97 bits per heavy atom. The van der Waals surface area contributed by atoms with E-state index in [2.05, 4.69) is 10.1 Å². The number of piperidine rings is 1. The van der Waals surface area contributed by atoms with Gasteiger partial charge in [-0.3, -0.25) is 0 Å². The number of imidazole rings is 1. The number of halogens is 3. The molecule has 4 heterocycles. The van der Waals surface area contributed by atoms with Crippen molar-refractivity contribution in [3.8, 4) is 11.4 Å². The number of fused-ring (bicyclic) bond motifs is 3. The molecule has 0 amide bonds. The van der Waals surface area contributed by atoms with Crippen molar-refractivity contribution in [3.05, 3.63) is 82.7 Å². The summed E-state index contributed by atoms with van der Waals surface area (Å²) in [6, 6.07) is 7.93. The second-order valence-corrected chi connectivity index (χ2v) is 9.48. The minimum Gasteiger partial charge on any atom is -0.495 e. The second-order valence-electron chi connectivity index (χ2n) is 9.48. The Kier molecular flexibility index (Phi) is 5.71. The Morgan fingerprint density at radius 1 is 1.16 bits per heavy atom.